The number of nitrogens with one attached hydrogen (secondary N) is 1. The van der Waals surface area contributed by atoms with E-state index < -0.39 is 6.36 Å². The molecule has 1 unspecified atom stereocenters. The minimum Gasteiger partial charge on any atom is -0.406 e. The van der Waals surface area contributed by atoms with Crippen LogP contribution in [0.5, 0.6) is 5.75 Å². The summed E-state index contributed by atoms with van der Waals surface area (Å²) in [6.07, 6.45) is -2.59. The molecule has 2 rings (SSSR count). The Hall–Kier alpha value is -2.29. The van der Waals surface area contributed by atoms with Crippen LogP contribution in [0, 0.1) is 5.92 Å². The molecule has 27 heavy (non-hydrogen) atoms. The minimum absolute atomic E-state index is 0.0676. The molecule has 9 heteroatoms. The molecule has 0 spiro atoms. The number of alkyl halides is 3. The van der Waals surface area contributed by atoms with E-state index in [-0.39, 0.29) is 29.9 Å². The Morgan fingerprint density at radius 2 is 1.96 bits per heavy atom. The molecule has 1 saturated heterocycles. The second-order valence-electron chi connectivity index (χ2n) is 6.45. The van der Waals surface area contributed by atoms with Crippen molar-refractivity contribution >= 4 is 11.8 Å². The van der Waals surface area contributed by atoms with Crippen molar-refractivity contribution in [2.45, 2.75) is 32.0 Å². The average molecular weight is 387 g/mol. The fraction of sp³-hybridized carbons (Fsp3) is 0.556. The van der Waals surface area contributed by atoms with E-state index in [4.69, 9.17) is 5.73 Å². The monoisotopic (exact) mass is 387 g/mol. The Morgan fingerprint density at radius 1 is 1.26 bits per heavy atom. The Bertz CT molecular complexity index is 635. The zero-order valence-electron chi connectivity index (χ0n) is 14.9. The molecule has 2 amide bonds. The maximum atomic E-state index is 12.4. The van der Waals surface area contributed by atoms with Crippen LogP contribution in [0.4, 0.5) is 13.2 Å². The normalized spacial score (nSPS) is 17.5. The molecule has 0 radical (unpaired) electrons. The summed E-state index contributed by atoms with van der Waals surface area (Å²) in [5.74, 6) is -0.673. The van der Waals surface area contributed by atoms with Crippen molar-refractivity contribution < 1.29 is 27.5 Å². The number of benzene rings is 1. The van der Waals surface area contributed by atoms with E-state index in [1.165, 1.54) is 24.3 Å². The van der Waals surface area contributed by atoms with Crippen molar-refractivity contribution in [1.82, 2.24) is 10.2 Å². The molecule has 1 aliphatic heterocycles. The molecule has 6 nitrogen and oxygen atoms in total. The van der Waals surface area contributed by atoms with Crippen LogP contribution in [0.2, 0.25) is 0 Å². The molecule has 150 valence electrons. The number of hydrogen-bond acceptors (Lipinski definition) is 4. The zero-order valence-corrected chi connectivity index (χ0v) is 14.9. The molecule has 0 saturated carbocycles. The van der Waals surface area contributed by atoms with Gasteiger partial charge in [-0.1, -0.05) is 12.1 Å². The number of amides is 2. The SMILES string of the molecule is NCCNC(=O)C1CCCN(C(=O)CCc2ccc(OC(F)(F)F)cc2)C1. The number of nitrogens with two attached hydrogens (primary N) is 1. The molecule has 0 aromatic heterocycles. The van der Waals surface area contributed by atoms with Gasteiger partial charge >= 0.3 is 6.36 Å². The van der Waals surface area contributed by atoms with Gasteiger partial charge in [0.05, 0.1) is 5.92 Å². The maximum Gasteiger partial charge on any atom is 0.573 e. The van der Waals surface area contributed by atoms with E-state index in [0.29, 0.717) is 32.6 Å². The third-order valence-corrected chi connectivity index (χ3v) is 4.37. The van der Waals surface area contributed by atoms with Gasteiger partial charge in [0, 0.05) is 32.6 Å². The van der Waals surface area contributed by atoms with Crippen LogP contribution in [-0.4, -0.2) is 49.3 Å². The molecule has 1 aliphatic rings. The summed E-state index contributed by atoms with van der Waals surface area (Å²) in [5, 5.41) is 2.75. The predicted molar refractivity (Wildman–Crippen MR) is 92.8 cm³/mol. The smallest absolute Gasteiger partial charge is 0.406 e. The number of halogens is 3. The van der Waals surface area contributed by atoms with Gasteiger partial charge in [-0.25, -0.2) is 0 Å². The third kappa shape index (κ3) is 7.09. The number of likely N-dealkylation sites (tertiary alicyclic amines) is 1. The molecule has 1 aromatic rings. The molecule has 1 fully saturated rings. The first-order valence-corrected chi connectivity index (χ1v) is 8.88. The van der Waals surface area contributed by atoms with Crippen LogP contribution in [0.3, 0.4) is 0 Å². The number of aryl methyl sites for hydroxylation is 1. The number of nitrogens with zero attached hydrogens (tertiary/aromatic N) is 1. The molecular formula is C18H24F3N3O3. The average Bonchev–Trinajstić information content (AvgIpc) is 2.64. The summed E-state index contributed by atoms with van der Waals surface area (Å²) in [6, 6.07) is 5.47. The highest BCUT2D eigenvalue weighted by molar-refractivity contribution is 5.81. The number of carbonyl (C=O) groups excluding carboxylic acids is 2. The van der Waals surface area contributed by atoms with Crippen molar-refractivity contribution in [3.63, 3.8) is 0 Å². The van der Waals surface area contributed by atoms with Gasteiger partial charge in [-0.3, -0.25) is 9.59 Å². The second-order valence-corrected chi connectivity index (χ2v) is 6.45. The lowest BCUT2D eigenvalue weighted by atomic mass is 9.96. The quantitative estimate of drug-likeness (QED) is 0.748. The molecular weight excluding hydrogens is 363 g/mol. The first-order valence-electron chi connectivity index (χ1n) is 8.88. The summed E-state index contributed by atoms with van der Waals surface area (Å²) >= 11 is 0. The highest BCUT2D eigenvalue weighted by Gasteiger charge is 2.31. The third-order valence-electron chi connectivity index (χ3n) is 4.37. The van der Waals surface area contributed by atoms with E-state index in [9.17, 15) is 22.8 Å². The number of carbonyl (C=O) groups is 2. The summed E-state index contributed by atoms with van der Waals surface area (Å²) in [5.41, 5.74) is 6.12. The fourth-order valence-electron chi connectivity index (χ4n) is 3.02. The van der Waals surface area contributed by atoms with E-state index >= 15 is 0 Å². The van der Waals surface area contributed by atoms with Crippen LogP contribution < -0.4 is 15.8 Å². The Labute approximate surface area is 155 Å². The predicted octanol–water partition coefficient (Wildman–Crippen LogP) is 1.83. The van der Waals surface area contributed by atoms with Crippen LogP contribution in [0.15, 0.2) is 24.3 Å². The Balaban J connectivity index is 1.81. The van der Waals surface area contributed by atoms with Gasteiger partial charge in [-0.15, -0.1) is 13.2 Å². The molecule has 1 aromatic carbocycles. The highest BCUT2D eigenvalue weighted by atomic mass is 19.4. The Kier molecular flexibility index (Phi) is 7.46. The van der Waals surface area contributed by atoms with Crippen molar-refractivity contribution in [1.29, 1.82) is 0 Å². The second kappa shape index (κ2) is 9.59. The van der Waals surface area contributed by atoms with Gasteiger partial charge in [0.1, 0.15) is 5.75 Å². The van der Waals surface area contributed by atoms with Crippen molar-refractivity contribution in [3.8, 4) is 5.75 Å². The lowest BCUT2D eigenvalue weighted by Gasteiger charge is -2.32. The van der Waals surface area contributed by atoms with E-state index in [1.54, 1.807) is 4.90 Å². The van der Waals surface area contributed by atoms with Crippen LogP contribution in [0.25, 0.3) is 0 Å². The zero-order chi connectivity index (χ0) is 19.9. The number of ether oxygens (including phenoxy) is 1. The summed E-state index contributed by atoms with van der Waals surface area (Å²) in [7, 11) is 0. The standard InChI is InChI=1S/C18H24F3N3O3/c19-18(20,21)27-15-6-3-13(4-7-15)5-8-16(25)24-11-1-2-14(12-24)17(26)23-10-9-22/h3-4,6-7,14H,1-2,5,8-12,22H2,(H,23,26). The van der Waals surface area contributed by atoms with Gasteiger partial charge < -0.3 is 20.7 Å². The number of piperidine rings is 1. The van der Waals surface area contributed by atoms with Gasteiger partial charge in [0.15, 0.2) is 0 Å². The van der Waals surface area contributed by atoms with Crippen LogP contribution >= 0.6 is 0 Å². The summed E-state index contributed by atoms with van der Waals surface area (Å²) in [4.78, 5) is 26.1. The summed E-state index contributed by atoms with van der Waals surface area (Å²) < 4.78 is 40.3. The van der Waals surface area contributed by atoms with Crippen molar-refractivity contribution in [3.05, 3.63) is 29.8 Å². The van der Waals surface area contributed by atoms with Gasteiger partial charge in [0.2, 0.25) is 11.8 Å². The molecule has 0 bridgehead atoms. The first kappa shape index (κ1) is 21.0. The summed E-state index contributed by atoms with van der Waals surface area (Å²) in [6.45, 7) is 1.77. The van der Waals surface area contributed by atoms with E-state index in [1.807, 2.05) is 0 Å². The van der Waals surface area contributed by atoms with Crippen LogP contribution in [-0.2, 0) is 16.0 Å². The highest BCUT2D eigenvalue weighted by Crippen LogP contribution is 2.23. The molecule has 0 aliphatic carbocycles. The lowest BCUT2D eigenvalue weighted by Crippen LogP contribution is -2.46. The van der Waals surface area contributed by atoms with Crippen molar-refractivity contribution in [2.75, 3.05) is 26.2 Å². The molecule has 1 atom stereocenters. The van der Waals surface area contributed by atoms with E-state index in [2.05, 4.69) is 10.1 Å². The molecule has 1 heterocycles. The van der Waals surface area contributed by atoms with Gasteiger partial charge in [-0.05, 0) is 37.0 Å². The fourth-order valence-corrected chi connectivity index (χ4v) is 3.02. The number of hydrogen-bond donors (Lipinski definition) is 2. The topological polar surface area (TPSA) is 84.7 Å². The van der Waals surface area contributed by atoms with E-state index in [0.717, 1.165) is 18.4 Å². The lowest BCUT2D eigenvalue weighted by molar-refractivity contribution is -0.274. The van der Waals surface area contributed by atoms with Crippen molar-refractivity contribution in [2.24, 2.45) is 11.7 Å². The number of rotatable bonds is 7. The molecule has 3 N–H and O–H groups in total. The Morgan fingerprint density at radius 3 is 2.59 bits per heavy atom. The first-order chi connectivity index (χ1) is 12.8. The maximum absolute atomic E-state index is 12.4. The minimum atomic E-state index is -4.72. The van der Waals surface area contributed by atoms with Gasteiger partial charge in [-0.2, -0.15) is 0 Å². The largest absolute Gasteiger partial charge is 0.573 e. The van der Waals surface area contributed by atoms with Crippen LogP contribution in [0.1, 0.15) is 24.8 Å². The van der Waals surface area contributed by atoms with Gasteiger partial charge in [0.25, 0.3) is 0 Å².